The van der Waals surface area contributed by atoms with E-state index >= 15 is 0 Å². The standard InChI is InChI=1S/C11H15ClO4/c1-4-16-10(15)7(12)5-6-8(9(13)14)11(6,2)3/h5-6,8H,4H2,1-3H3,(H,13,14)/p-1/b7-5+. The molecule has 5 heteroatoms. The van der Waals surface area contributed by atoms with Crippen LogP contribution >= 0.6 is 11.6 Å². The molecule has 4 nitrogen and oxygen atoms in total. The van der Waals surface area contributed by atoms with Crippen LogP contribution in [0.15, 0.2) is 11.1 Å². The van der Waals surface area contributed by atoms with Crippen LogP contribution in [-0.2, 0) is 14.3 Å². The molecule has 0 bridgehead atoms. The first kappa shape index (κ1) is 13.0. The van der Waals surface area contributed by atoms with Gasteiger partial charge >= 0.3 is 5.97 Å². The molecule has 0 aliphatic heterocycles. The van der Waals surface area contributed by atoms with Crippen LogP contribution in [0.3, 0.4) is 0 Å². The molecule has 0 amide bonds. The highest BCUT2D eigenvalue weighted by Crippen LogP contribution is 2.59. The Labute approximate surface area is 99.2 Å². The molecule has 1 rings (SSSR count). The maximum atomic E-state index is 11.2. The lowest BCUT2D eigenvalue weighted by Gasteiger charge is -2.01. The maximum Gasteiger partial charge on any atom is 0.349 e. The summed E-state index contributed by atoms with van der Waals surface area (Å²) in [7, 11) is 0. The van der Waals surface area contributed by atoms with Crippen molar-refractivity contribution < 1.29 is 19.4 Å². The Morgan fingerprint density at radius 1 is 1.50 bits per heavy atom. The number of hydrogen-bond acceptors (Lipinski definition) is 4. The molecule has 16 heavy (non-hydrogen) atoms. The summed E-state index contributed by atoms with van der Waals surface area (Å²) in [5, 5.41) is 10.7. The predicted octanol–water partition coefficient (Wildman–Crippen LogP) is 0.694. The highest BCUT2D eigenvalue weighted by atomic mass is 35.5. The Morgan fingerprint density at radius 2 is 2.06 bits per heavy atom. The first-order valence-corrected chi connectivity index (χ1v) is 5.45. The summed E-state index contributed by atoms with van der Waals surface area (Å²) < 4.78 is 4.69. The lowest BCUT2D eigenvalue weighted by atomic mass is 10.1. The molecule has 0 spiro atoms. The first-order valence-electron chi connectivity index (χ1n) is 5.07. The molecule has 0 aromatic heterocycles. The van der Waals surface area contributed by atoms with E-state index in [1.807, 2.05) is 0 Å². The predicted molar refractivity (Wildman–Crippen MR) is 56.3 cm³/mol. The van der Waals surface area contributed by atoms with Crippen LogP contribution in [-0.4, -0.2) is 18.5 Å². The maximum absolute atomic E-state index is 11.2. The van der Waals surface area contributed by atoms with Crippen LogP contribution in [0.4, 0.5) is 0 Å². The number of carbonyl (C=O) groups is 2. The van der Waals surface area contributed by atoms with E-state index in [9.17, 15) is 14.7 Å². The van der Waals surface area contributed by atoms with Crippen molar-refractivity contribution in [3.05, 3.63) is 11.1 Å². The average molecular weight is 246 g/mol. The van der Waals surface area contributed by atoms with Crippen LogP contribution in [0, 0.1) is 17.3 Å². The Morgan fingerprint density at radius 3 is 2.44 bits per heavy atom. The fourth-order valence-electron chi connectivity index (χ4n) is 1.86. The van der Waals surface area contributed by atoms with Gasteiger partial charge in [-0.2, -0.15) is 0 Å². The van der Waals surface area contributed by atoms with Gasteiger partial charge in [-0.3, -0.25) is 0 Å². The second-order valence-corrected chi connectivity index (χ2v) is 4.79. The zero-order valence-corrected chi connectivity index (χ0v) is 10.2. The lowest BCUT2D eigenvalue weighted by molar-refractivity contribution is -0.309. The van der Waals surface area contributed by atoms with Crippen molar-refractivity contribution >= 4 is 23.5 Å². The molecule has 0 N–H and O–H groups in total. The summed E-state index contributed by atoms with van der Waals surface area (Å²) in [5.41, 5.74) is -0.411. The second-order valence-electron chi connectivity index (χ2n) is 4.38. The number of esters is 1. The molecule has 1 aliphatic rings. The van der Waals surface area contributed by atoms with Gasteiger partial charge in [-0.15, -0.1) is 0 Å². The number of rotatable bonds is 4. The van der Waals surface area contributed by atoms with E-state index in [1.165, 1.54) is 6.08 Å². The minimum absolute atomic E-state index is 0.0660. The van der Waals surface area contributed by atoms with Gasteiger partial charge in [-0.1, -0.05) is 31.5 Å². The number of carboxylic acids is 1. The van der Waals surface area contributed by atoms with Gasteiger partial charge in [0.25, 0.3) is 0 Å². The molecule has 2 atom stereocenters. The van der Waals surface area contributed by atoms with E-state index in [1.54, 1.807) is 20.8 Å². The molecule has 1 aliphatic carbocycles. The summed E-state index contributed by atoms with van der Waals surface area (Å²) in [6, 6.07) is 0. The van der Waals surface area contributed by atoms with Crippen molar-refractivity contribution in [3.63, 3.8) is 0 Å². The third-order valence-electron chi connectivity index (χ3n) is 2.96. The minimum atomic E-state index is -1.11. The quantitative estimate of drug-likeness (QED) is 0.540. The molecule has 2 unspecified atom stereocenters. The highest BCUT2D eigenvalue weighted by Gasteiger charge is 2.57. The minimum Gasteiger partial charge on any atom is -0.550 e. The van der Waals surface area contributed by atoms with Gasteiger partial charge in [0.2, 0.25) is 0 Å². The Bertz CT molecular complexity index is 346. The number of halogens is 1. The van der Waals surface area contributed by atoms with Gasteiger partial charge in [-0.25, -0.2) is 4.79 Å². The smallest absolute Gasteiger partial charge is 0.349 e. The normalized spacial score (nSPS) is 27.4. The first-order chi connectivity index (χ1) is 7.32. The number of ether oxygens (including phenoxy) is 1. The number of carboxylic acid groups (broad SMARTS) is 1. The van der Waals surface area contributed by atoms with Crippen LogP contribution < -0.4 is 5.11 Å². The molecule has 1 saturated carbocycles. The SMILES string of the molecule is CCOC(=O)/C(Cl)=C\C1C(C(=O)[O-])C1(C)C. The fraction of sp³-hybridized carbons (Fsp3) is 0.636. The van der Waals surface area contributed by atoms with Crippen LogP contribution in [0.25, 0.3) is 0 Å². The van der Waals surface area contributed by atoms with Crippen LogP contribution in [0.5, 0.6) is 0 Å². The molecule has 90 valence electrons. The van der Waals surface area contributed by atoms with E-state index < -0.39 is 23.3 Å². The molecule has 0 aromatic carbocycles. The van der Waals surface area contributed by atoms with E-state index in [0.29, 0.717) is 0 Å². The van der Waals surface area contributed by atoms with Crippen LogP contribution in [0.2, 0.25) is 0 Å². The summed E-state index contributed by atoms with van der Waals surface area (Å²) in [6.45, 7) is 5.50. The third-order valence-corrected chi connectivity index (χ3v) is 3.24. The van der Waals surface area contributed by atoms with Gasteiger partial charge < -0.3 is 14.6 Å². The second kappa shape index (κ2) is 4.45. The molecular formula is C11H14ClO4-. The van der Waals surface area contributed by atoms with Crippen LogP contribution in [0.1, 0.15) is 20.8 Å². The van der Waals surface area contributed by atoms with Gasteiger partial charge in [0.05, 0.1) is 6.61 Å². The van der Waals surface area contributed by atoms with Crippen molar-refractivity contribution in [2.45, 2.75) is 20.8 Å². The number of aliphatic carboxylic acids is 1. The molecule has 0 radical (unpaired) electrons. The summed E-state index contributed by atoms with van der Waals surface area (Å²) >= 11 is 5.72. The van der Waals surface area contributed by atoms with E-state index in [4.69, 9.17) is 16.3 Å². The average Bonchev–Trinajstić information content (AvgIpc) is 2.68. The molecular weight excluding hydrogens is 232 g/mol. The molecule has 1 fully saturated rings. The van der Waals surface area contributed by atoms with Crippen molar-refractivity contribution in [3.8, 4) is 0 Å². The number of carbonyl (C=O) groups excluding carboxylic acids is 2. The summed E-state index contributed by atoms with van der Waals surface area (Å²) in [4.78, 5) is 22.0. The molecule has 0 aromatic rings. The van der Waals surface area contributed by atoms with Gasteiger partial charge in [-0.05, 0) is 18.3 Å². The molecule has 0 saturated heterocycles. The highest BCUT2D eigenvalue weighted by molar-refractivity contribution is 6.41. The monoisotopic (exact) mass is 245 g/mol. The largest absolute Gasteiger partial charge is 0.550 e. The summed E-state index contributed by atoms with van der Waals surface area (Å²) in [5.74, 6) is -2.59. The van der Waals surface area contributed by atoms with E-state index in [0.717, 1.165) is 0 Å². The van der Waals surface area contributed by atoms with Gasteiger partial charge in [0.1, 0.15) is 5.03 Å². The van der Waals surface area contributed by atoms with Gasteiger partial charge in [0, 0.05) is 11.9 Å². The molecule has 0 heterocycles. The summed E-state index contributed by atoms with van der Waals surface area (Å²) in [6.07, 6.45) is 1.44. The van der Waals surface area contributed by atoms with Crippen molar-refractivity contribution in [1.82, 2.24) is 0 Å². The number of hydrogen-bond donors (Lipinski definition) is 0. The van der Waals surface area contributed by atoms with E-state index in [2.05, 4.69) is 0 Å². The van der Waals surface area contributed by atoms with Gasteiger partial charge in [0.15, 0.2) is 0 Å². The lowest BCUT2D eigenvalue weighted by Crippen LogP contribution is -2.26. The van der Waals surface area contributed by atoms with Crippen molar-refractivity contribution in [2.24, 2.45) is 17.3 Å². The number of allylic oxidation sites excluding steroid dienone is 1. The fourth-order valence-corrected chi connectivity index (χ4v) is 2.05. The zero-order valence-electron chi connectivity index (χ0n) is 9.45. The third kappa shape index (κ3) is 2.38. The zero-order chi connectivity index (χ0) is 12.5. The van der Waals surface area contributed by atoms with Crippen molar-refractivity contribution in [1.29, 1.82) is 0 Å². The van der Waals surface area contributed by atoms with Crippen molar-refractivity contribution in [2.75, 3.05) is 6.61 Å². The Kier molecular flexibility index (Phi) is 3.63. The topological polar surface area (TPSA) is 66.4 Å². The Balaban J connectivity index is 2.72. The Hall–Kier alpha value is -1.03. The van der Waals surface area contributed by atoms with E-state index in [-0.39, 0.29) is 17.6 Å².